The molecule has 0 N–H and O–H groups in total. The van der Waals surface area contributed by atoms with Crippen molar-refractivity contribution in [2.45, 2.75) is 69.5 Å². The minimum atomic E-state index is -4.36. The largest absolute Gasteiger partial charge is 0.461 e. The molecule has 0 radical (unpaired) electrons. The number of ether oxygens (including phenoxy) is 1. The molecule has 0 saturated carbocycles. The smallest absolute Gasteiger partial charge is 0.416 e. The Balaban J connectivity index is 1.64. The highest BCUT2D eigenvalue weighted by molar-refractivity contribution is 7.99. The second-order valence-electron chi connectivity index (χ2n) is 8.03. The van der Waals surface area contributed by atoms with Crippen LogP contribution >= 0.6 is 11.8 Å². The predicted octanol–water partition coefficient (Wildman–Crippen LogP) is 6.29. The molecule has 0 aliphatic carbocycles. The lowest BCUT2D eigenvalue weighted by Crippen LogP contribution is -2.38. The van der Waals surface area contributed by atoms with Crippen molar-refractivity contribution in [1.29, 1.82) is 0 Å². The van der Waals surface area contributed by atoms with E-state index in [0.29, 0.717) is 17.1 Å². The number of thioether (sulfide) groups is 1. The maximum atomic E-state index is 13.0. The van der Waals surface area contributed by atoms with Crippen molar-refractivity contribution in [3.8, 4) is 0 Å². The lowest BCUT2D eigenvalue weighted by atomic mass is 9.81. The molecular formula is C25H27F3O3S. The van der Waals surface area contributed by atoms with Gasteiger partial charge in [-0.2, -0.15) is 13.2 Å². The van der Waals surface area contributed by atoms with Crippen LogP contribution in [0.1, 0.15) is 60.4 Å². The molecule has 32 heavy (non-hydrogen) atoms. The quantitative estimate of drug-likeness (QED) is 0.274. The number of halogens is 3. The molecule has 0 amide bonds. The zero-order valence-electron chi connectivity index (χ0n) is 18.4. The minimum absolute atomic E-state index is 0.126. The van der Waals surface area contributed by atoms with Crippen LogP contribution in [0.4, 0.5) is 13.2 Å². The lowest BCUT2D eigenvalue weighted by molar-refractivity contribution is -0.160. The Morgan fingerprint density at radius 1 is 1.03 bits per heavy atom. The summed E-state index contributed by atoms with van der Waals surface area (Å²) >= 11 is 1.38. The van der Waals surface area contributed by atoms with Gasteiger partial charge < -0.3 is 4.74 Å². The summed E-state index contributed by atoms with van der Waals surface area (Å²) in [7, 11) is 0. The molecule has 7 heteroatoms. The third kappa shape index (κ3) is 5.55. The average Bonchev–Trinajstić information content (AvgIpc) is 2.73. The van der Waals surface area contributed by atoms with E-state index in [2.05, 4.69) is 0 Å². The number of cyclic esters (lactones) is 1. The number of hydrogen-bond acceptors (Lipinski definition) is 4. The molecule has 3 rings (SSSR count). The van der Waals surface area contributed by atoms with Crippen molar-refractivity contribution in [2.75, 3.05) is 5.75 Å². The molecular weight excluding hydrogens is 437 g/mol. The van der Waals surface area contributed by atoms with Crippen LogP contribution in [0.15, 0.2) is 41.3 Å². The Hall–Kier alpha value is -2.28. The summed E-state index contributed by atoms with van der Waals surface area (Å²) in [5.74, 6) is -0.968. The first-order valence-corrected chi connectivity index (χ1v) is 11.8. The van der Waals surface area contributed by atoms with Crippen LogP contribution in [0, 0.1) is 6.92 Å². The van der Waals surface area contributed by atoms with Gasteiger partial charge in [0.1, 0.15) is 12.0 Å². The molecule has 3 nitrogen and oxygen atoms in total. The fourth-order valence-electron chi connectivity index (χ4n) is 4.14. The summed E-state index contributed by atoms with van der Waals surface area (Å²) in [5.41, 5.74) is 3.24. The molecule has 1 aliphatic rings. The first-order valence-electron chi connectivity index (χ1n) is 10.8. The molecule has 2 atom stereocenters. The van der Waals surface area contributed by atoms with Gasteiger partial charge in [0.2, 0.25) is 0 Å². The fraction of sp³-hybridized carbons (Fsp3) is 0.440. The number of carbonyl (C=O) groups excluding carboxylic acids is 2. The standard InChI is InChI=1S/C25H27F3O3S/c1-4-16-12-15(3)13-17(5-2)22(16)23-21(29)14-19(31-24(23)30)10-11-32-20-8-6-18(7-9-20)25(26,27)28/h6-9,12-13,19,23H,4-5,10-11,14H2,1-3H3. The molecule has 1 saturated heterocycles. The number of hydrogen-bond donors (Lipinski definition) is 0. The van der Waals surface area contributed by atoms with E-state index in [1.54, 1.807) is 0 Å². The normalized spacial score (nSPS) is 19.2. The Bertz CT molecular complexity index is 940. The van der Waals surface area contributed by atoms with Crippen molar-refractivity contribution in [3.05, 3.63) is 64.2 Å². The molecule has 2 unspecified atom stereocenters. The van der Waals surface area contributed by atoms with E-state index in [1.807, 2.05) is 32.9 Å². The van der Waals surface area contributed by atoms with Gasteiger partial charge in [-0.25, -0.2) is 0 Å². The van der Waals surface area contributed by atoms with Gasteiger partial charge in [-0.15, -0.1) is 11.8 Å². The summed E-state index contributed by atoms with van der Waals surface area (Å²) in [6.45, 7) is 6.03. The van der Waals surface area contributed by atoms with Gasteiger partial charge in [-0.1, -0.05) is 31.5 Å². The number of Topliss-reactive ketones (excluding diaryl/α,β-unsaturated/α-hetero) is 1. The molecule has 1 aliphatic heterocycles. The van der Waals surface area contributed by atoms with E-state index in [-0.39, 0.29) is 12.2 Å². The molecule has 2 aromatic carbocycles. The van der Waals surface area contributed by atoms with Crippen LogP contribution < -0.4 is 0 Å². The number of benzene rings is 2. The van der Waals surface area contributed by atoms with Crippen LogP contribution in [0.2, 0.25) is 0 Å². The summed E-state index contributed by atoms with van der Waals surface area (Å²) in [5, 5.41) is 0. The van der Waals surface area contributed by atoms with Crippen molar-refractivity contribution in [1.82, 2.24) is 0 Å². The second kappa shape index (κ2) is 10.1. The van der Waals surface area contributed by atoms with Crippen molar-refractivity contribution >= 4 is 23.5 Å². The molecule has 1 fully saturated rings. The van der Waals surface area contributed by atoms with Gasteiger partial charge in [-0.05, 0) is 67.1 Å². The van der Waals surface area contributed by atoms with Crippen LogP contribution in [0.5, 0.6) is 0 Å². The van der Waals surface area contributed by atoms with E-state index in [4.69, 9.17) is 4.74 Å². The maximum absolute atomic E-state index is 13.0. The number of alkyl halides is 3. The van der Waals surface area contributed by atoms with Crippen molar-refractivity contribution in [2.24, 2.45) is 0 Å². The topological polar surface area (TPSA) is 43.4 Å². The van der Waals surface area contributed by atoms with E-state index < -0.39 is 29.7 Å². The van der Waals surface area contributed by atoms with E-state index in [9.17, 15) is 22.8 Å². The Morgan fingerprint density at radius 3 is 2.12 bits per heavy atom. The number of rotatable bonds is 7. The highest BCUT2D eigenvalue weighted by atomic mass is 32.2. The molecule has 0 spiro atoms. The Kier molecular flexibility index (Phi) is 7.70. The molecule has 0 bridgehead atoms. The zero-order chi connectivity index (χ0) is 23.5. The summed E-state index contributed by atoms with van der Waals surface area (Å²) in [6, 6.07) is 9.02. The van der Waals surface area contributed by atoms with Crippen molar-refractivity contribution in [3.63, 3.8) is 0 Å². The van der Waals surface area contributed by atoms with Gasteiger partial charge in [-0.3, -0.25) is 9.59 Å². The van der Waals surface area contributed by atoms with Crippen molar-refractivity contribution < 1.29 is 27.5 Å². The molecule has 2 aromatic rings. The number of aryl methyl sites for hydroxylation is 3. The maximum Gasteiger partial charge on any atom is 0.416 e. The first kappa shape index (κ1) is 24.4. The van der Waals surface area contributed by atoms with Crippen LogP contribution in [-0.2, 0) is 33.3 Å². The SMILES string of the molecule is CCc1cc(C)cc(CC)c1C1C(=O)CC(CCSc2ccc(C(F)(F)F)cc2)OC1=O. The van der Waals surface area contributed by atoms with Gasteiger partial charge in [0.05, 0.1) is 5.56 Å². The number of carbonyl (C=O) groups is 2. The molecule has 172 valence electrons. The first-order chi connectivity index (χ1) is 15.1. The van der Waals surface area contributed by atoms with E-state index in [0.717, 1.165) is 47.2 Å². The highest BCUT2D eigenvalue weighted by Crippen LogP contribution is 2.35. The monoisotopic (exact) mass is 464 g/mol. The Labute approximate surface area is 190 Å². The van der Waals surface area contributed by atoms with Gasteiger partial charge in [0.15, 0.2) is 5.78 Å². The third-order valence-corrected chi connectivity index (χ3v) is 6.75. The average molecular weight is 465 g/mol. The van der Waals surface area contributed by atoms with Gasteiger partial charge in [0, 0.05) is 17.1 Å². The lowest BCUT2D eigenvalue weighted by Gasteiger charge is -2.30. The Morgan fingerprint density at radius 2 is 1.62 bits per heavy atom. The van der Waals surface area contributed by atoms with Crippen LogP contribution in [-0.4, -0.2) is 23.6 Å². The number of esters is 1. The second-order valence-corrected chi connectivity index (χ2v) is 9.19. The minimum Gasteiger partial charge on any atom is -0.461 e. The van der Waals surface area contributed by atoms with Crippen LogP contribution in [0.25, 0.3) is 0 Å². The summed E-state index contributed by atoms with van der Waals surface area (Å²) < 4.78 is 43.6. The van der Waals surface area contributed by atoms with E-state index in [1.165, 1.54) is 23.9 Å². The zero-order valence-corrected chi connectivity index (χ0v) is 19.2. The molecule has 0 aromatic heterocycles. The summed E-state index contributed by atoms with van der Waals surface area (Å²) in [4.78, 5) is 26.5. The van der Waals surface area contributed by atoms with E-state index >= 15 is 0 Å². The van der Waals surface area contributed by atoms with Gasteiger partial charge >= 0.3 is 12.1 Å². The number of ketones is 1. The van der Waals surface area contributed by atoms with Gasteiger partial charge in [0.25, 0.3) is 0 Å². The summed E-state index contributed by atoms with van der Waals surface area (Å²) in [6.07, 6.45) is -2.78. The van der Waals surface area contributed by atoms with Crippen LogP contribution in [0.3, 0.4) is 0 Å². The predicted molar refractivity (Wildman–Crippen MR) is 119 cm³/mol. The fourth-order valence-corrected chi connectivity index (χ4v) is 5.09. The third-order valence-electron chi connectivity index (χ3n) is 5.71. The highest BCUT2D eigenvalue weighted by Gasteiger charge is 2.40. The molecule has 1 heterocycles.